The van der Waals surface area contributed by atoms with Gasteiger partial charge >= 0.3 is 0 Å². The Morgan fingerprint density at radius 2 is 1.53 bits per heavy atom. The number of likely N-dealkylation sites (tertiary alicyclic amines) is 2. The minimum Gasteiger partial charge on any atom is -0.374 e. The number of likely N-dealkylation sites (N-methyl/N-ethyl adjacent to an activating group) is 1. The standard InChI is InChI=1S/C14H28N2O/c1-14(2,3)16-9-6-12(7-10-16)17-13-5-8-15(4)11-13/h12-13H,5-11H2,1-4H3/t13-/m0/s1. The van der Waals surface area contributed by atoms with E-state index in [1.54, 1.807) is 0 Å². The molecule has 0 N–H and O–H groups in total. The summed E-state index contributed by atoms with van der Waals surface area (Å²) in [6.07, 6.45) is 4.63. The lowest BCUT2D eigenvalue weighted by molar-refractivity contribution is -0.0487. The Morgan fingerprint density at radius 3 is 2.00 bits per heavy atom. The van der Waals surface area contributed by atoms with E-state index in [2.05, 4.69) is 37.6 Å². The molecule has 0 aromatic carbocycles. The molecular formula is C14H28N2O. The Bertz CT molecular complexity index is 241. The molecule has 0 aromatic rings. The van der Waals surface area contributed by atoms with Crippen molar-refractivity contribution in [2.75, 3.05) is 33.2 Å². The molecule has 0 spiro atoms. The van der Waals surface area contributed by atoms with Gasteiger partial charge in [0.15, 0.2) is 0 Å². The highest BCUT2D eigenvalue weighted by Gasteiger charge is 2.30. The van der Waals surface area contributed by atoms with Crippen LogP contribution in [0.2, 0.25) is 0 Å². The molecule has 0 bridgehead atoms. The molecule has 0 radical (unpaired) electrons. The minimum atomic E-state index is 0.318. The first-order chi connectivity index (χ1) is 7.95. The van der Waals surface area contributed by atoms with Crippen molar-refractivity contribution in [3.63, 3.8) is 0 Å². The van der Waals surface area contributed by atoms with Crippen LogP contribution in [0.25, 0.3) is 0 Å². The fourth-order valence-corrected chi connectivity index (χ4v) is 2.94. The number of ether oxygens (including phenoxy) is 1. The van der Waals surface area contributed by atoms with Gasteiger partial charge in [0.2, 0.25) is 0 Å². The summed E-state index contributed by atoms with van der Waals surface area (Å²) < 4.78 is 6.22. The molecule has 0 aliphatic carbocycles. The summed E-state index contributed by atoms with van der Waals surface area (Å²) in [7, 11) is 2.19. The van der Waals surface area contributed by atoms with Gasteiger partial charge in [-0.1, -0.05) is 0 Å². The SMILES string of the molecule is CN1CC[C@H](OC2CCN(C(C)(C)C)CC2)C1. The summed E-state index contributed by atoms with van der Waals surface area (Å²) in [5, 5.41) is 0. The molecule has 100 valence electrons. The summed E-state index contributed by atoms with van der Waals surface area (Å²) in [5.41, 5.74) is 0.318. The second kappa shape index (κ2) is 5.25. The van der Waals surface area contributed by atoms with Crippen LogP contribution in [-0.4, -0.2) is 60.8 Å². The van der Waals surface area contributed by atoms with Crippen LogP contribution in [0, 0.1) is 0 Å². The maximum Gasteiger partial charge on any atom is 0.0717 e. The van der Waals surface area contributed by atoms with Crippen molar-refractivity contribution in [1.29, 1.82) is 0 Å². The van der Waals surface area contributed by atoms with Crippen LogP contribution in [0.3, 0.4) is 0 Å². The number of piperidine rings is 1. The molecule has 3 heteroatoms. The second-order valence-corrected chi connectivity index (χ2v) is 6.67. The number of hydrogen-bond acceptors (Lipinski definition) is 3. The van der Waals surface area contributed by atoms with Crippen LogP contribution in [0.4, 0.5) is 0 Å². The normalized spacial score (nSPS) is 30.0. The zero-order valence-electron chi connectivity index (χ0n) is 11.9. The van der Waals surface area contributed by atoms with Crippen LogP contribution in [0.1, 0.15) is 40.0 Å². The van der Waals surface area contributed by atoms with Gasteiger partial charge in [0, 0.05) is 31.7 Å². The van der Waals surface area contributed by atoms with Gasteiger partial charge in [0.25, 0.3) is 0 Å². The van der Waals surface area contributed by atoms with Gasteiger partial charge < -0.3 is 9.64 Å². The van der Waals surface area contributed by atoms with Gasteiger partial charge in [-0.3, -0.25) is 4.90 Å². The van der Waals surface area contributed by atoms with E-state index in [-0.39, 0.29) is 0 Å². The molecule has 17 heavy (non-hydrogen) atoms. The maximum absolute atomic E-state index is 6.22. The highest BCUT2D eigenvalue weighted by molar-refractivity contribution is 4.83. The van der Waals surface area contributed by atoms with Crippen molar-refractivity contribution in [3.05, 3.63) is 0 Å². The van der Waals surface area contributed by atoms with Gasteiger partial charge in [0.1, 0.15) is 0 Å². The fraction of sp³-hybridized carbons (Fsp3) is 1.00. The monoisotopic (exact) mass is 240 g/mol. The van der Waals surface area contributed by atoms with E-state index in [1.165, 1.54) is 38.9 Å². The average molecular weight is 240 g/mol. The Morgan fingerprint density at radius 1 is 0.941 bits per heavy atom. The van der Waals surface area contributed by atoms with Crippen LogP contribution in [-0.2, 0) is 4.74 Å². The molecule has 1 atom stereocenters. The van der Waals surface area contributed by atoms with Crippen molar-refractivity contribution < 1.29 is 4.74 Å². The molecule has 2 aliphatic rings. The molecule has 2 rings (SSSR count). The van der Waals surface area contributed by atoms with Crippen molar-refractivity contribution in [1.82, 2.24) is 9.80 Å². The second-order valence-electron chi connectivity index (χ2n) is 6.67. The predicted molar refractivity (Wildman–Crippen MR) is 71.3 cm³/mol. The Kier molecular flexibility index (Phi) is 4.11. The zero-order valence-corrected chi connectivity index (χ0v) is 11.9. The van der Waals surface area contributed by atoms with Gasteiger partial charge in [-0.25, -0.2) is 0 Å². The van der Waals surface area contributed by atoms with Crippen molar-refractivity contribution in [2.24, 2.45) is 0 Å². The smallest absolute Gasteiger partial charge is 0.0717 e. The average Bonchev–Trinajstić information content (AvgIpc) is 2.63. The molecule has 2 aliphatic heterocycles. The lowest BCUT2D eigenvalue weighted by Gasteiger charge is -2.41. The maximum atomic E-state index is 6.22. The van der Waals surface area contributed by atoms with Gasteiger partial charge in [-0.2, -0.15) is 0 Å². The Balaban J connectivity index is 1.72. The van der Waals surface area contributed by atoms with Gasteiger partial charge in [-0.15, -0.1) is 0 Å². The predicted octanol–water partition coefficient (Wildman–Crippen LogP) is 1.97. The fourth-order valence-electron chi connectivity index (χ4n) is 2.94. The van der Waals surface area contributed by atoms with Crippen molar-refractivity contribution in [2.45, 2.75) is 57.8 Å². The Hall–Kier alpha value is -0.120. The van der Waals surface area contributed by atoms with E-state index in [4.69, 9.17) is 4.74 Å². The van der Waals surface area contributed by atoms with Crippen LogP contribution in [0.15, 0.2) is 0 Å². The quantitative estimate of drug-likeness (QED) is 0.734. The summed E-state index contributed by atoms with van der Waals surface area (Å²) in [6.45, 7) is 11.6. The highest BCUT2D eigenvalue weighted by atomic mass is 16.5. The largest absolute Gasteiger partial charge is 0.374 e. The molecule has 2 heterocycles. The first-order valence-corrected chi connectivity index (χ1v) is 7.04. The third-order valence-corrected chi connectivity index (χ3v) is 4.12. The molecule has 2 saturated heterocycles. The molecule has 2 fully saturated rings. The van der Waals surface area contributed by atoms with E-state index < -0.39 is 0 Å². The molecule has 0 saturated carbocycles. The summed E-state index contributed by atoms with van der Waals surface area (Å²) in [6, 6.07) is 0. The lowest BCUT2D eigenvalue weighted by Crippen LogP contribution is -2.48. The molecular weight excluding hydrogens is 212 g/mol. The van der Waals surface area contributed by atoms with Crippen LogP contribution < -0.4 is 0 Å². The van der Waals surface area contributed by atoms with Crippen molar-refractivity contribution in [3.8, 4) is 0 Å². The first-order valence-electron chi connectivity index (χ1n) is 7.04. The first kappa shape index (κ1) is 13.3. The number of nitrogens with zero attached hydrogens (tertiary/aromatic N) is 2. The van der Waals surface area contributed by atoms with E-state index >= 15 is 0 Å². The lowest BCUT2D eigenvalue weighted by atomic mass is 9.99. The number of hydrogen-bond donors (Lipinski definition) is 0. The van der Waals surface area contributed by atoms with Crippen LogP contribution in [0.5, 0.6) is 0 Å². The minimum absolute atomic E-state index is 0.318. The zero-order chi connectivity index (χ0) is 12.5. The summed E-state index contributed by atoms with van der Waals surface area (Å²) >= 11 is 0. The molecule has 0 amide bonds. The third kappa shape index (κ3) is 3.67. The van der Waals surface area contributed by atoms with E-state index in [0.717, 1.165) is 6.54 Å². The van der Waals surface area contributed by atoms with E-state index in [9.17, 15) is 0 Å². The third-order valence-electron chi connectivity index (χ3n) is 4.12. The van der Waals surface area contributed by atoms with Crippen molar-refractivity contribution >= 4 is 0 Å². The highest BCUT2D eigenvalue weighted by Crippen LogP contribution is 2.24. The van der Waals surface area contributed by atoms with E-state index in [0.29, 0.717) is 17.7 Å². The summed E-state index contributed by atoms with van der Waals surface area (Å²) in [5.74, 6) is 0. The number of rotatable bonds is 2. The molecule has 0 unspecified atom stereocenters. The summed E-state index contributed by atoms with van der Waals surface area (Å²) in [4.78, 5) is 4.95. The molecule has 0 aromatic heterocycles. The van der Waals surface area contributed by atoms with Gasteiger partial charge in [0.05, 0.1) is 12.2 Å². The molecule has 3 nitrogen and oxygen atoms in total. The van der Waals surface area contributed by atoms with Gasteiger partial charge in [-0.05, 0) is 47.1 Å². The Labute approximate surface area is 106 Å². The topological polar surface area (TPSA) is 15.7 Å². The van der Waals surface area contributed by atoms with E-state index in [1.807, 2.05) is 0 Å². The van der Waals surface area contributed by atoms with Crippen LogP contribution >= 0.6 is 0 Å².